The topological polar surface area (TPSA) is 85.2 Å². The summed E-state index contributed by atoms with van der Waals surface area (Å²) in [6.07, 6.45) is 1.02. The van der Waals surface area contributed by atoms with E-state index in [1.54, 1.807) is 12.1 Å². The lowest BCUT2D eigenvalue weighted by molar-refractivity contribution is -0.148. The largest absolute Gasteiger partial charge is 0.503 e. The van der Waals surface area contributed by atoms with Gasteiger partial charge in [0.25, 0.3) is 0 Å². The second-order valence-corrected chi connectivity index (χ2v) is 10.7. The molecule has 1 N–H and O–H groups in total. The van der Waals surface area contributed by atoms with Gasteiger partial charge < -0.3 is 14.6 Å². The maximum atomic E-state index is 13.5. The van der Waals surface area contributed by atoms with E-state index in [2.05, 4.69) is 29.8 Å². The number of carbonyl (C=O) groups excluding carboxylic acids is 2. The molecule has 2 aromatic rings. The van der Waals surface area contributed by atoms with Gasteiger partial charge >= 0.3 is 5.97 Å². The number of phenols is 1. The number of aromatic hydroxyl groups is 1. The van der Waals surface area contributed by atoms with Crippen LogP contribution in [-0.2, 0) is 20.9 Å². The van der Waals surface area contributed by atoms with Crippen LogP contribution in [0, 0.1) is 11.3 Å². The number of nitrogens with zero attached hydrogens (tertiary/aromatic N) is 1. The Labute approximate surface area is 214 Å². The Hall–Kier alpha value is -2.93. The number of esters is 1. The van der Waals surface area contributed by atoms with Gasteiger partial charge in [0.05, 0.1) is 11.1 Å². The molecule has 0 saturated heterocycles. The third kappa shape index (κ3) is 5.20. The summed E-state index contributed by atoms with van der Waals surface area (Å²) >= 11 is 3.41. The van der Waals surface area contributed by atoms with E-state index in [0.717, 1.165) is 11.3 Å². The van der Waals surface area contributed by atoms with Crippen LogP contribution in [0.15, 0.2) is 63.2 Å². The van der Waals surface area contributed by atoms with Gasteiger partial charge in [0, 0.05) is 29.3 Å². The highest BCUT2D eigenvalue weighted by Gasteiger charge is 2.46. The lowest BCUT2D eigenvalue weighted by Gasteiger charge is -2.39. The number of allylic oxidation sites excluding steroid dienone is 2. The van der Waals surface area contributed by atoms with Crippen molar-refractivity contribution in [1.82, 2.24) is 0 Å². The molecule has 7 heteroatoms. The Morgan fingerprint density at radius 3 is 2.60 bits per heavy atom. The summed E-state index contributed by atoms with van der Waals surface area (Å²) in [6.45, 7) is 8.24. The molecule has 1 aliphatic carbocycles. The van der Waals surface area contributed by atoms with Crippen LogP contribution in [-0.4, -0.2) is 29.2 Å². The molecule has 6 nitrogen and oxygen atoms in total. The summed E-state index contributed by atoms with van der Waals surface area (Å²) in [6, 6.07) is 12.9. The van der Waals surface area contributed by atoms with Gasteiger partial charge in [0.15, 0.2) is 17.3 Å². The molecule has 2 aromatic carbocycles. The third-order valence-electron chi connectivity index (χ3n) is 6.49. The highest BCUT2D eigenvalue weighted by molar-refractivity contribution is 9.10. The Bertz CT molecular complexity index is 1220. The summed E-state index contributed by atoms with van der Waals surface area (Å²) in [5.74, 6) is -1.55. The first kappa shape index (κ1) is 25.2. The molecule has 0 fully saturated rings. The van der Waals surface area contributed by atoms with Crippen LogP contribution in [0.1, 0.15) is 57.6 Å². The lowest BCUT2D eigenvalue weighted by atomic mass is 9.67. The Balaban J connectivity index is 1.80. The van der Waals surface area contributed by atoms with E-state index in [4.69, 9.17) is 14.5 Å². The highest BCUT2D eigenvalue weighted by Crippen LogP contribution is 2.50. The molecule has 0 amide bonds. The molecule has 2 unspecified atom stereocenters. The maximum absolute atomic E-state index is 13.5. The van der Waals surface area contributed by atoms with Gasteiger partial charge in [-0.1, -0.05) is 44.2 Å². The first-order valence-electron chi connectivity index (χ1n) is 11.8. The fourth-order valence-corrected chi connectivity index (χ4v) is 5.43. The van der Waals surface area contributed by atoms with Gasteiger partial charge in [-0.05, 0) is 64.9 Å². The Kier molecular flexibility index (Phi) is 7.17. The summed E-state index contributed by atoms with van der Waals surface area (Å²) < 4.78 is 11.8. The predicted molar refractivity (Wildman–Crippen MR) is 138 cm³/mol. The van der Waals surface area contributed by atoms with Crippen molar-refractivity contribution < 1.29 is 24.2 Å². The van der Waals surface area contributed by atoms with Crippen molar-refractivity contribution in [3.8, 4) is 11.5 Å². The van der Waals surface area contributed by atoms with E-state index >= 15 is 0 Å². The quantitative estimate of drug-likeness (QED) is 0.447. The van der Waals surface area contributed by atoms with Crippen LogP contribution in [0.4, 0.5) is 0 Å². The molecule has 35 heavy (non-hydrogen) atoms. The number of ketones is 1. The summed E-state index contributed by atoms with van der Waals surface area (Å²) in [4.78, 5) is 31.7. The normalized spacial score (nSPS) is 21.3. The monoisotopic (exact) mass is 539 g/mol. The molecular formula is C28H30BrNO5. The second-order valence-electron chi connectivity index (χ2n) is 9.89. The number of hydrogen-bond donors (Lipinski definition) is 1. The number of hydrogen-bond acceptors (Lipinski definition) is 6. The number of benzene rings is 2. The second kappa shape index (κ2) is 9.97. The molecule has 2 atom stereocenters. The van der Waals surface area contributed by atoms with Crippen molar-refractivity contribution in [3.63, 3.8) is 0 Å². The van der Waals surface area contributed by atoms with Crippen molar-refractivity contribution in [2.75, 3.05) is 6.61 Å². The van der Waals surface area contributed by atoms with Crippen molar-refractivity contribution >= 4 is 33.4 Å². The van der Waals surface area contributed by atoms with Gasteiger partial charge in [0.2, 0.25) is 0 Å². The summed E-state index contributed by atoms with van der Waals surface area (Å²) in [7, 11) is 0. The lowest BCUT2D eigenvalue weighted by Crippen LogP contribution is -2.39. The van der Waals surface area contributed by atoms with E-state index in [0.29, 0.717) is 46.5 Å². The number of Topliss-reactive ketones (excluding diaryl/α,β-unsaturated/α-hetero) is 1. The molecule has 4 rings (SSSR count). The zero-order valence-electron chi connectivity index (χ0n) is 20.4. The Morgan fingerprint density at radius 1 is 1.20 bits per heavy atom. The van der Waals surface area contributed by atoms with Crippen molar-refractivity contribution in [2.24, 2.45) is 16.3 Å². The van der Waals surface area contributed by atoms with Crippen molar-refractivity contribution in [3.05, 3.63) is 69.3 Å². The fraction of sp³-hybridized carbons (Fsp3) is 0.393. The van der Waals surface area contributed by atoms with E-state index in [1.165, 1.54) is 0 Å². The molecule has 0 radical (unpaired) electrons. The van der Waals surface area contributed by atoms with Crippen molar-refractivity contribution in [2.45, 2.75) is 53.1 Å². The number of halogens is 1. The van der Waals surface area contributed by atoms with E-state index in [1.807, 2.05) is 44.2 Å². The molecule has 1 aliphatic heterocycles. The number of rotatable bonds is 6. The van der Waals surface area contributed by atoms with Gasteiger partial charge in [-0.3, -0.25) is 14.6 Å². The van der Waals surface area contributed by atoms with Crippen LogP contribution in [0.3, 0.4) is 0 Å². The summed E-state index contributed by atoms with van der Waals surface area (Å²) in [5, 5.41) is 10.5. The average molecular weight is 540 g/mol. The minimum atomic E-state index is -0.770. The highest BCUT2D eigenvalue weighted by atomic mass is 79.9. The molecule has 1 heterocycles. The third-order valence-corrected chi connectivity index (χ3v) is 7.09. The number of carbonyl (C=O) groups is 2. The molecule has 184 valence electrons. The maximum Gasteiger partial charge on any atom is 0.315 e. The van der Waals surface area contributed by atoms with Gasteiger partial charge in [-0.2, -0.15) is 0 Å². The molecule has 2 aliphatic rings. The smallest absolute Gasteiger partial charge is 0.315 e. The predicted octanol–water partition coefficient (Wildman–Crippen LogP) is 6.11. The SMILES string of the molecule is CCOc1cc(C2C3=C(CC(C)(C)CC3=O)N=C(C)C2C(=O)OCc2ccccc2)cc(Br)c1O. The van der Waals surface area contributed by atoms with Crippen LogP contribution in [0.5, 0.6) is 11.5 Å². The minimum Gasteiger partial charge on any atom is -0.503 e. The first-order chi connectivity index (χ1) is 16.6. The molecular weight excluding hydrogens is 510 g/mol. The summed E-state index contributed by atoms with van der Waals surface area (Å²) in [5.41, 5.74) is 3.25. The number of ether oxygens (including phenoxy) is 2. The van der Waals surface area contributed by atoms with Gasteiger partial charge in [0.1, 0.15) is 12.5 Å². The molecule has 0 saturated carbocycles. The standard InChI is InChI=1S/C28H30BrNO5/c1-5-34-22-12-18(11-19(29)26(22)32)24-23(27(33)35-15-17-9-7-6-8-10-17)16(2)30-20-13-28(3,4)14-21(31)25(20)24/h6-12,23-24,32H,5,13-15H2,1-4H3. The zero-order valence-corrected chi connectivity index (χ0v) is 22.0. The number of phenolic OH excluding ortho intramolecular Hbond substituents is 1. The van der Waals surface area contributed by atoms with Crippen molar-refractivity contribution in [1.29, 1.82) is 0 Å². The van der Waals surface area contributed by atoms with E-state index in [9.17, 15) is 14.7 Å². The van der Waals surface area contributed by atoms with Gasteiger partial charge in [-0.15, -0.1) is 0 Å². The number of aliphatic imine (C=N–C) groups is 1. The molecule has 0 spiro atoms. The van der Waals surface area contributed by atoms with Crippen LogP contribution in [0.2, 0.25) is 0 Å². The molecule has 0 aromatic heterocycles. The average Bonchev–Trinajstić information content (AvgIpc) is 2.79. The van der Waals surface area contributed by atoms with Crippen LogP contribution < -0.4 is 4.74 Å². The minimum absolute atomic E-state index is 0.0134. The fourth-order valence-electron chi connectivity index (χ4n) is 4.97. The van der Waals surface area contributed by atoms with E-state index in [-0.39, 0.29) is 23.6 Å². The zero-order chi connectivity index (χ0) is 25.3. The van der Waals surface area contributed by atoms with Crippen LogP contribution in [0.25, 0.3) is 0 Å². The Morgan fingerprint density at radius 2 is 1.91 bits per heavy atom. The molecule has 0 bridgehead atoms. The first-order valence-corrected chi connectivity index (χ1v) is 12.6. The van der Waals surface area contributed by atoms with E-state index < -0.39 is 17.8 Å². The van der Waals surface area contributed by atoms with Crippen LogP contribution >= 0.6 is 15.9 Å². The van der Waals surface area contributed by atoms with Gasteiger partial charge in [-0.25, -0.2) is 0 Å².